The Bertz CT molecular complexity index is 1260. The summed E-state index contributed by atoms with van der Waals surface area (Å²) in [4.78, 5) is 28.5. The van der Waals surface area contributed by atoms with Crippen molar-refractivity contribution in [2.24, 2.45) is 4.99 Å². The third kappa shape index (κ3) is 3.25. The predicted molar refractivity (Wildman–Crippen MR) is 119 cm³/mol. The number of amidine groups is 1. The SMILES string of the molecule is COc1ccc(C=C2N=C(c3ccccc3)N(c3nc4ncccc4s3)C2=O)cc1. The van der Waals surface area contributed by atoms with Gasteiger partial charge in [-0.25, -0.2) is 14.9 Å². The molecule has 0 spiro atoms. The molecule has 7 heteroatoms. The van der Waals surface area contributed by atoms with Crippen LogP contribution in [0.1, 0.15) is 11.1 Å². The molecule has 1 aliphatic heterocycles. The zero-order valence-corrected chi connectivity index (χ0v) is 16.8. The highest BCUT2D eigenvalue weighted by Crippen LogP contribution is 2.33. The van der Waals surface area contributed by atoms with Gasteiger partial charge in [-0.1, -0.05) is 53.8 Å². The lowest BCUT2D eigenvalue weighted by molar-refractivity contribution is -0.113. The molecule has 0 unspecified atom stereocenters. The minimum Gasteiger partial charge on any atom is -0.497 e. The Balaban J connectivity index is 1.61. The van der Waals surface area contributed by atoms with Gasteiger partial charge >= 0.3 is 0 Å². The van der Waals surface area contributed by atoms with E-state index >= 15 is 0 Å². The van der Waals surface area contributed by atoms with Crippen LogP contribution in [-0.4, -0.2) is 28.8 Å². The molecule has 0 saturated heterocycles. The highest BCUT2D eigenvalue weighted by atomic mass is 32.1. The third-order valence-electron chi connectivity index (χ3n) is 4.66. The third-order valence-corrected chi connectivity index (χ3v) is 5.65. The van der Waals surface area contributed by atoms with Crippen LogP contribution in [-0.2, 0) is 4.79 Å². The number of fused-ring (bicyclic) bond motifs is 1. The number of nitrogens with zero attached hydrogens (tertiary/aromatic N) is 4. The maximum absolute atomic E-state index is 13.4. The maximum atomic E-state index is 13.4. The summed E-state index contributed by atoms with van der Waals surface area (Å²) < 4.78 is 6.12. The summed E-state index contributed by atoms with van der Waals surface area (Å²) in [6.07, 6.45) is 3.47. The second-order valence-corrected chi connectivity index (χ2v) is 7.58. The lowest BCUT2D eigenvalue weighted by atomic mass is 10.2. The fourth-order valence-electron chi connectivity index (χ4n) is 3.19. The average Bonchev–Trinajstić information content (AvgIpc) is 3.36. The Hall–Kier alpha value is -3.84. The van der Waals surface area contributed by atoms with Gasteiger partial charge in [0, 0.05) is 11.8 Å². The van der Waals surface area contributed by atoms with Gasteiger partial charge in [0.1, 0.15) is 17.3 Å². The molecule has 146 valence electrons. The van der Waals surface area contributed by atoms with E-state index in [0.717, 1.165) is 21.6 Å². The first-order valence-corrected chi connectivity index (χ1v) is 10.1. The van der Waals surface area contributed by atoms with Crippen LogP contribution in [0.5, 0.6) is 5.75 Å². The van der Waals surface area contributed by atoms with Crippen molar-refractivity contribution in [1.29, 1.82) is 0 Å². The van der Waals surface area contributed by atoms with Crippen molar-refractivity contribution in [2.45, 2.75) is 0 Å². The number of aromatic nitrogens is 2. The second kappa shape index (κ2) is 7.53. The summed E-state index contributed by atoms with van der Waals surface area (Å²) in [7, 11) is 1.62. The predicted octanol–water partition coefficient (Wildman–Crippen LogP) is 4.53. The van der Waals surface area contributed by atoms with Crippen molar-refractivity contribution in [3.63, 3.8) is 0 Å². The van der Waals surface area contributed by atoms with Crippen LogP contribution >= 0.6 is 11.3 Å². The monoisotopic (exact) mass is 412 g/mol. The molecule has 2 aromatic heterocycles. The van der Waals surface area contributed by atoms with E-state index < -0.39 is 0 Å². The number of methoxy groups -OCH3 is 1. The second-order valence-electron chi connectivity index (χ2n) is 6.57. The lowest BCUT2D eigenvalue weighted by Gasteiger charge is -2.14. The number of carbonyl (C=O) groups excluding carboxylic acids is 1. The summed E-state index contributed by atoms with van der Waals surface area (Å²) in [6.45, 7) is 0. The Kier molecular flexibility index (Phi) is 4.57. The number of aliphatic imine (C=N–C) groups is 1. The quantitative estimate of drug-likeness (QED) is 0.462. The number of thiazole rings is 1. The molecule has 6 nitrogen and oxygen atoms in total. The van der Waals surface area contributed by atoms with Gasteiger partial charge in [0.25, 0.3) is 5.91 Å². The van der Waals surface area contributed by atoms with Gasteiger partial charge in [0.15, 0.2) is 5.65 Å². The van der Waals surface area contributed by atoms with Gasteiger partial charge in [0.2, 0.25) is 5.13 Å². The smallest absolute Gasteiger partial charge is 0.284 e. The number of amides is 1. The summed E-state index contributed by atoms with van der Waals surface area (Å²) in [5.41, 5.74) is 2.68. The van der Waals surface area contributed by atoms with E-state index in [1.807, 2.05) is 66.7 Å². The van der Waals surface area contributed by atoms with Crippen molar-refractivity contribution in [3.8, 4) is 5.75 Å². The normalized spacial score (nSPS) is 15.1. The first kappa shape index (κ1) is 18.2. The first-order valence-electron chi connectivity index (χ1n) is 9.29. The summed E-state index contributed by atoms with van der Waals surface area (Å²) in [5, 5.41) is 0.550. The number of hydrogen-bond acceptors (Lipinski definition) is 6. The van der Waals surface area contributed by atoms with E-state index in [0.29, 0.717) is 22.3 Å². The van der Waals surface area contributed by atoms with Crippen molar-refractivity contribution < 1.29 is 9.53 Å². The maximum Gasteiger partial charge on any atom is 0.284 e. The number of rotatable bonds is 4. The van der Waals surface area contributed by atoms with E-state index in [1.165, 1.54) is 11.3 Å². The molecular weight excluding hydrogens is 396 g/mol. The van der Waals surface area contributed by atoms with Crippen LogP contribution in [0.2, 0.25) is 0 Å². The molecule has 0 atom stereocenters. The summed E-state index contributed by atoms with van der Waals surface area (Å²) in [6, 6.07) is 20.9. The molecule has 1 amide bonds. The fraction of sp³-hybridized carbons (Fsp3) is 0.0435. The minimum absolute atomic E-state index is 0.219. The van der Waals surface area contributed by atoms with Crippen LogP contribution < -0.4 is 9.64 Å². The minimum atomic E-state index is -0.219. The molecule has 5 rings (SSSR count). The van der Waals surface area contributed by atoms with Gasteiger partial charge in [-0.15, -0.1) is 0 Å². The number of pyridine rings is 1. The van der Waals surface area contributed by atoms with Crippen molar-refractivity contribution in [1.82, 2.24) is 9.97 Å². The molecule has 3 heterocycles. The first-order chi connectivity index (χ1) is 14.7. The molecule has 0 bridgehead atoms. The van der Waals surface area contributed by atoms with Gasteiger partial charge in [-0.05, 0) is 35.9 Å². The van der Waals surface area contributed by atoms with Crippen LogP contribution in [0.15, 0.2) is 83.6 Å². The molecule has 0 fully saturated rings. The van der Waals surface area contributed by atoms with Crippen LogP contribution in [0.3, 0.4) is 0 Å². The largest absolute Gasteiger partial charge is 0.497 e. The van der Waals surface area contributed by atoms with Gasteiger partial charge in [0.05, 0.1) is 11.8 Å². The zero-order valence-electron chi connectivity index (χ0n) is 16.0. The molecule has 0 aliphatic carbocycles. The molecule has 0 radical (unpaired) electrons. The molecule has 1 aliphatic rings. The van der Waals surface area contributed by atoms with E-state index in [2.05, 4.69) is 15.0 Å². The van der Waals surface area contributed by atoms with Gasteiger partial charge in [-0.2, -0.15) is 4.98 Å². The van der Waals surface area contributed by atoms with E-state index in [9.17, 15) is 4.79 Å². The average molecular weight is 412 g/mol. The number of anilines is 1. The topological polar surface area (TPSA) is 67.7 Å². The lowest BCUT2D eigenvalue weighted by Crippen LogP contribution is -2.32. The van der Waals surface area contributed by atoms with Gasteiger partial charge < -0.3 is 4.74 Å². The van der Waals surface area contributed by atoms with Crippen LogP contribution in [0.4, 0.5) is 5.13 Å². The summed E-state index contributed by atoms with van der Waals surface area (Å²) >= 11 is 1.42. The van der Waals surface area contributed by atoms with Crippen LogP contribution in [0.25, 0.3) is 16.4 Å². The Morgan fingerprint density at radius 2 is 1.80 bits per heavy atom. The number of benzene rings is 2. The standard InChI is InChI=1S/C23H16N4O2S/c1-29-17-11-9-15(10-12-17)14-18-22(28)27(21(25-18)16-6-3-2-4-7-16)23-26-20-19(30-23)8-5-13-24-20/h2-14H,1H3. The number of carbonyl (C=O) groups is 1. The molecule has 0 N–H and O–H groups in total. The van der Waals surface area contributed by atoms with Crippen LogP contribution in [0, 0.1) is 0 Å². The summed E-state index contributed by atoms with van der Waals surface area (Å²) in [5.74, 6) is 1.09. The molecule has 2 aromatic carbocycles. The highest BCUT2D eigenvalue weighted by Gasteiger charge is 2.34. The van der Waals surface area contributed by atoms with E-state index in [4.69, 9.17) is 4.74 Å². The Labute approximate surface area is 176 Å². The van der Waals surface area contributed by atoms with Crippen molar-refractivity contribution in [2.75, 3.05) is 12.0 Å². The van der Waals surface area contributed by atoms with Crippen molar-refractivity contribution in [3.05, 3.63) is 89.8 Å². The zero-order chi connectivity index (χ0) is 20.5. The molecular formula is C23H16N4O2S. The van der Waals surface area contributed by atoms with E-state index in [-0.39, 0.29) is 5.91 Å². The molecule has 4 aromatic rings. The number of ether oxygens (including phenoxy) is 1. The van der Waals surface area contributed by atoms with Crippen molar-refractivity contribution >= 4 is 44.6 Å². The van der Waals surface area contributed by atoms with Gasteiger partial charge in [-0.3, -0.25) is 4.79 Å². The Morgan fingerprint density at radius 1 is 1.00 bits per heavy atom. The number of hydrogen-bond donors (Lipinski definition) is 0. The molecule has 30 heavy (non-hydrogen) atoms. The molecule has 0 saturated carbocycles. The fourth-order valence-corrected chi connectivity index (χ4v) is 4.11. The van der Waals surface area contributed by atoms with E-state index in [1.54, 1.807) is 24.3 Å². The Morgan fingerprint density at radius 3 is 2.53 bits per heavy atom. The highest BCUT2D eigenvalue weighted by molar-refractivity contribution is 7.22.